The van der Waals surface area contributed by atoms with Crippen LogP contribution in [0.4, 0.5) is 11.4 Å². The van der Waals surface area contributed by atoms with Crippen LogP contribution >= 0.6 is 22.6 Å². The van der Waals surface area contributed by atoms with Crippen molar-refractivity contribution in [3.8, 4) is 5.75 Å². The average molecular weight is 475 g/mol. The number of phenols is 1. The van der Waals surface area contributed by atoms with E-state index >= 15 is 0 Å². The van der Waals surface area contributed by atoms with Crippen molar-refractivity contribution >= 4 is 44.9 Å². The van der Waals surface area contributed by atoms with Gasteiger partial charge in [-0.3, -0.25) is 4.98 Å². The van der Waals surface area contributed by atoms with Crippen molar-refractivity contribution in [3.63, 3.8) is 0 Å². The minimum Gasteiger partial charge on any atom is -0.508 e. The van der Waals surface area contributed by atoms with Crippen molar-refractivity contribution in [2.75, 3.05) is 18.9 Å². The summed E-state index contributed by atoms with van der Waals surface area (Å²) in [6.45, 7) is 6.21. The molecule has 0 fully saturated rings. The molecule has 142 valence electrons. The van der Waals surface area contributed by atoms with Crippen LogP contribution in [-0.4, -0.2) is 28.6 Å². The highest BCUT2D eigenvalue weighted by molar-refractivity contribution is 14.1. The van der Waals surface area contributed by atoms with Gasteiger partial charge in [0.15, 0.2) is 0 Å². The lowest BCUT2D eigenvalue weighted by Crippen LogP contribution is -2.20. The minimum absolute atomic E-state index is 0.339. The molecule has 2 aromatic carbocycles. The zero-order valence-corrected chi connectivity index (χ0v) is 18.2. The Labute approximate surface area is 174 Å². The number of hydrogen-bond acceptors (Lipinski definition) is 4. The summed E-state index contributed by atoms with van der Waals surface area (Å²) in [7, 11) is 2.10. The third-order valence-corrected chi connectivity index (χ3v) is 5.26. The van der Waals surface area contributed by atoms with Gasteiger partial charge in [0.2, 0.25) is 0 Å². The van der Waals surface area contributed by atoms with E-state index in [0.29, 0.717) is 11.7 Å². The fourth-order valence-corrected chi connectivity index (χ4v) is 3.50. The van der Waals surface area contributed by atoms with E-state index in [0.717, 1.165) is 47.4 Å². The Balaban J connectivity index is 1.80. The monoisotopic (exact) mass is 475 g/mol. The van der Waals surface area contributed by atoms with Gasteiger partial charge in [-0.2, -0.15) is 0 Å². The fraction of sp³-hybridized carbons (Fsp3) is 0.318. The van der Waals surface area contributed by atoms with Crippen LogP contribution in [0.2, 0.25) is 0 Å². The van der Waals surface area contributed by atoms with E-state index in [1.54, 1.807) is 6.07 Å². The van der Waals surface area contributed by atoms with Crippen LogP contribution in [0, 0.1) is 9.49 Å². The number of aromatic hydroxyl groups is 1. The molecule has 0 saturated heterocycles. The van der Waals surface area contributed by atoms with Gasteiger partial charge in [-0.15, -0.1) is 0 Å². The van der Waals surface area contributed by atoms with Gasteiger partial charge in [0.05, 0.1) is 5.52 Å². The number of fused-ring (bicyclic) bond motifs is 1. The number of nitrogens with zero attached hydrogens (tertiary/aromatic N) is 2. The normalized spacial score (nSPS) is 11.5. The Bertz CT molecular complexity index is 927. The van der Waals surface area contributed by atoms with Crippen LogP contribution in [0.5, 0.6) is 5.75 Å². The summed E-state index contributed by atoms with van der Waals surface area (Å²) in [6, 6.07) is 13.9. The molecule has 3 aromatic rings. The highest BCUT2D eigenvalue weighted by Gasteiger charge is 2.09. The lowest BCUT2D eigenvalue weighted by molar-refractivity contribution is 0.299. The van der Waals surface area contributed by atoms with Crippen LogP contribution in [0.1, 0.15) is 25.8 Å². The number of halogens is 1. The highest BCUT2D eigenvalue weighted by Crippen LogP contribution is 2.29. The molecular weight excluding hydrogens is 449 g/mol. The molecule has 1 aromatic heterocycles. The Hall–Kier alpha value is -1.86. The maximum absolute atomic E-state index is 10.3. The molecule has 0 spiro atoms. The van der Waals surface area contributed by atoms with Gasteiger partial charge in [-0.05, 0) is 91.0 Å². The molecule has 0 aliphatic carbocycles. The highest BCUT2D eigenvalue weighted by atomic mass is 127. The number of aromatic nitrogens is 1. The second-order valence-corrected chi connectivity index (χ2v) is 8.65. The van der Waals surface area contributed by atoms with Crippen LogP contribution in [0.3, 0.4) is 0 Å². The molecule has 0 aliphatic heterocycles. The van der Waals surface area contributed by atoms with Crippen molar-refractivity contribution in [1.82, 2.24) is 9.88 Å². The maximum Gasteiger partial charge on any atom is 0.120 e. The summed E-state index contributed by atoms with van der Waals surface area (Å²) in [5.74, 6) is 1.02. The first kappa shape index (κ1) is 19.9. The van der Waals surface area contributed by atoms with E-state index in [1.165, 1.54) is 3.57 Å². The van der Waals surface area contributed by atoms with E-state index < -0.39 is 0 Å². The largest absolute Gasteiger partial charge is 0.508 e. The fourth-order valence-electron chi connectivity index (χ4n) is 3.02. The predicted molar refractivity (Wildman–Crippen MR) is 122 cm³/mol. The molecule has 4 nitrogen and oxygen atoms in total. The molecule has 0 unspecified atom stereocenters. The number of anilines is 2. The van der Waals surface area contributed by atoms with Crippen LogP contribution < -0.4 is 5.32 Å². The van der Waals surface area contributed by atoms with Gasteiger partial charge in [0.1, 0.15) is 5.75 Å². The van der Waals surface area contributed by atoms with E-state index in [1.807, 2.05) is 24.4 Å². The molecule has 0 atom stereocenters. The van der Waals surface area contributed by atoms with Crippen LogP contribution in [-0.2, 0) is 6.54 Å². The zero-order chi connectivity index (χ0) is 19.4. The Morgan fingerprint density at radius 1 is 1.15 bits per heavy atom. The van der Waals surface area contributed by atoms with Gasteiger partial charge in [0.25, 0.3) is 0 Å². The third-order valence-electron chi connectivity index (χ3n) is 4.59. The standard InChI is InChI=1S/C22H26IN3O/c1-15(2)9-11-26(3)14-16-12-18(5-7-22(16)27)25-20-8-10-24-21-13-17(23)4-6-19(20)21/h4-8,10,12-13,15,27H,9,11,14H2,1-3H3,(H,24,25). The molecule has 0 amide bonds. The van der Waals surface area contributed by atoms with Crippen molar-refractivity contribution < 1.29 is 5.11 Å². The lowest BCUT2D eigenvalue weighted by Gasteiger charge is -2.19. The van der Waals surface area contributed by atoms with Crippen molar-refractivity contribution in [2.24, 2.45) is 5.92 Å². The van der Waals surface area contributed by atoms with Gasteiger partial charge < -0.3 is 15.3 Å². The van der Waals surface area contributed by atoms with E-state index in [-0.39, 0.29) is 0 Å². The van der Waals surface area contributed by atoms with E-state index in [2.05, 4.69) is 76.9 Å². The van der Waals surface area contributed by atoms with Gasteiger partial charge in [-0.1, -0.05) is 13.8 Å². The van der Waals surface area contributed by atoms with Crippen molar-refractivity contribution in [3.05, 3.63) is 57.8 Å². The molecule has 0 bridgehead atoms. The van der Waals surface area contributed by atoms with E-state index in [4.69, 9.17) is 0 Å². The topological polar surface area (TPSA) is 48.4 Å². The van der Waals surface area contributed by atoms with Gasteiger partial charge >= 0.3 is 0 Å². The molecule has 5 heteroatoms. The number of rotatable bonds is 7. The molecule has 1 heterocycles. The number of phenolic OH excluding ortho intramolecular Hbond substituents is 1. The van der Waals surface area contributed by atoms with E-state index in [9.17, 15) is 5.11 Å². The maximum atomic E-state index is 10.3. The molecular formula is C22H26IN3O. The minimum atomic E-state index is 0.339. The summed E-state index contributed by atoms with van der Waals surface area (Å²) in [5.41, 5.74) is 3.88. The summed E-state index contributed by atoms with van der Waals surface area (Å²) >= 11 is 2.30. The Kier molecular flexibility index (Phi) is 6.55. The first-order valence-corrected chi connectivity index (χ1v) is 10.3. The molecule has 3 rings (SSSR count). The lowest BCUT2D eigenvalue weighted by atomic mass is 10.1. The molecule has 0 aliphatic rings. The number of hydrogen-bond donors (Lipinski definition) is 2. The SMILES string of the molecule is CC(C)CCN(C)Cc1cc(Nc2ccnc3cc(I)ccc23)ccc1O. The van der Waals surface area contributed by atoms with Crippen molar-refractivity contribution in [2.45, 2.75) is 26.8 Å². The first-order valence-electron chi connectivity index (χ1n) is 9.24. The summed E-state index contributed by atoms with van der Waals surface area (Å²) in [6.07, 6.45) is 2.97. The molecule has 2 N–H and O–H groups in total. The summed E-state index contributed by atoms with van der Waals surface area (Å²) in [5, 5.41) is 14.8. The average Bonchev–Trinajstić information content (AvgIpc) is 2.62. The number of pyridine rings is 1. The van der Waals surface area contributed by atoms with Gasteiger partial charge in [-0.25, -0.2) is 0 Å². The van der Waals surface area contributed by atoms with Gasteiger partial charge in [0, 0.05) is 38.6 Å². The predicted octanol–water partition coefficient (Wildman–Crippen LogP) is 5.77. The Morgan fingerprint density at radius 2 is 1.96 bits per heavy atom. The Morgan fingerprint density at radius 3 is 2.74 bits per heavy atom. The molecule has 27 heavy (non-hydrogen) atoms. The second-order valence-electron chi connectivity index (χ2n) is 7.41. The molecule has 0 radical (unpaired) electrons. The van der Waals surface area contributed by atoms with Crippen LogP contribution in [0.15, 0.2) is 48.7 Å². The summed E-state index contributed by atoms with van der Waals surface area (Å²) < 4.78 is 1.17. The number of benzene rings is 2. The number of nitrogens with one attached hydrogen (secondary N) is 1. The third kappa shape index (κ3) is 5.32. The van der Waals surface area contributed by atoms with Crippen LogP contribution in [0.25, 0.3) is 10.9 Å². The first-order chi connectivity index (χ1) is 12.9. The molecule has 0 saturated carbocycles. The van der Waals surface area contributed by atoms with Crippen molar-refractivity contribution in [1.29, 1.82) is 0 Å². The second kappa shape index (κ2) is 8.89. The summed E-state index contributed by atoms with van der Waals surface area (Å²) in [4.78, 5) is 6.71. The zero-order valence-electron chi connectivity index (χ0n) is 16.0. The smallest absolute Gasteiger partial charge is 0.120 e. The quantitative estimate of drug-likeness (QED) is 0.337.